The number of rotatable bonds is 3. The molecule has 2 heterocycles. The van der Waals surface area contributed by atoms with Gasteiger partial charge in [0, 0.05) is 28.9 Å². The van der Waals surface area contributed by atoms with E-state index in [1.165, 1.54) is 7.11 Å². The van der Waals surface area contributed by atoms with E-state index in [-0.39, 0.29) is 42.0 Å². The van der Waals surface area contributed by atoms with Crippen LogP contribution in [0.3, 0.4) is 0 Å². The summed E-state index contributed by atoms with van der Waals surface area (Å²) in [5, 5.41) is 0.701. The molecule has 2 aliphatic rings. The number of hydrogen-bond acceptors (Lipinski definition) is 5. The fourth-order valence-electron chi connectivity index (χ4n) is 4.84. The SMILES string of the molecule is COC(=O)C1CCC(n2c(=S)[nH]c3c(c2=O)C[C@@H](C)N(C(=O)c2ccc(Cl)c(Cl)c2)C3)CC1. The van der Waals surface area contributed by atoms with Crippen LogP contribution in [0.25, 0.3) is 0 Å². The first-order valence-electron chi connectivity index (χ1n) is 10.9. The lowest BCUT2D eigenvalue weighted by Crippen LogP contribution is -2.46. The fourth-order valence-corrected chi connectivity index (χ4v) is 5.50. The Balaban J connectivity index is 1.59. The standard InChI is InChI=1S/C23H25Cl2N3O4S/c1-12-9-16-19(11-27(12)20(29)14-5-8-17(24)18(25)10-14)26-23(33)28(21(16)30)15-6-3-13(4-7-15)22(31)32-2/h5,8,10,12-13,15H,3-4,6-7,9,11H2,1-2H3,(H,26,33)/t12-,13?,15?/m1/s1. The molecule has 176 valence electrons. The smallest absolute Gasteiger partial charge is 0.308 e. The van der Waals surface area contributed by atoms with Gasteiger partial charge in [0.15, 0.2) is 4.77 Å². The Morgan fingerprint density at radius 1 is 1.15 bits per heavy atom. The van der Waals surface area contributed by atoms with Gasteiger partial charge in [-0.3, -0.25) is 19.0 Å². The molecule has 1 aliphatic heterocycles. The van der Waals surface area contributed by atoms with Crippen LogP contribution in [0.4, 0.5) is 0 Å². The van der Waals surface area contributed by atoms with Gasteiger partial charge in [-0.05, 0) is 69.4 Å². The minimum absolute atomic E-state index is 0.0568. The van der Waals surface area contributed by atoms with Gasteiger partial charge in [-0.1, -0.05) is 23.2 Å². The zero-order chi connectivity index (χ0) is 23.9. The van der Waals surface area contributed by atoms with E-state index in [0.717, 1.165) is 0 Å². The molecule has 1 aromatic carbocycles. The Morgan fingerprint density at radius 2 is 1.85 bits per heavy atom. The highest BCUT2D eigenvalue weighted by Crippen LogP contribution is 2.33. The number of esters is 1. The summed E-state index contributed by atoms with van der Waals surface area (Å²) >= 11 is 17.6. The first kappa shape index (κ1) is 24.0. The molecule has 10 heteroatoms. The Labute approximate surface area is 206 Å². The Hall–Kier alpha value is -2.16. The highest BCUT2D eigenvalue weighted by Gasteiger charge is 2.33. The van der Waals surface area contributed by atoms with Crippen LogP contribution < -0.4 is 5.56 Å². The number of nitrogens with one attached hydrogen (secondary N) is 1. The van der Waals surface area contributed by atoms with Crippen molar-refractivity contribution in [3.63, 3.8) is 0 Å². The normalized spacial score (nSPS) is 22.5. The van der Waals surface area contributed by atoms with Crippen molar-refractivity contribution in [3.05, 3.63) is 60.2 Å². The van der Waals surface area contributed by atoms with Crippen molar-refractivity contribution in [3.8, 4) is 0 Å². The van der Waals surface area contributed by atoms with Gasteiger partial charge >= 0.3 is 5.97 Å². The van der Waals surface area contributed by atoms with Gasteiger partial charge < -0.3 is 14.6 Å². The highest BCUT2D eigenvalue weighted by atomic mass is 35.5. The van der Waals surface area contributed by atoms with Crippen LogP contribution in [-0.2, 0) is 22.5 Å². The van der Waals surface area contributed by atoms with Crippen molar-refractivity contribution >= 4 is 47.3 Å². The average Bonchev–Trinajstić information content (AvgIpc) is 2.80. The second-order valence-electron chi connectivity index (χ2n) is 8.71. The van der Waals surface area contributed by atoms with Crippen LogP contribution in [0.15, 0.2) is 23.0 Å². The molecule has 1 N–H and O–H groups in total. The minimum atomic E-state index is -0.197. The molecule has 2 aromatic rings. The maximum absolute atomic E-state index is 13.4. The van der Waals surface area contributed by atoms with Crippen LogP contribution >= 0.6 is 35.4 Å². The summed E-state index contributed by atoms with van der Waals surface area (Å²) in [4.78, 5) is 43.3. The van der Waals surface area contributed by atoms with Crippen LogP contribution in [0.2, 0.25) is 10.0 Å². The van der Waals surface area contributed by atoms with Crippen molar-refractivity contribution < 1.29 is 14.3 Å². The van der Waals surface area contributed by atoms with E-state index < -0.39 is 0 Å². The number of carbonyl (C=O) groups is 2. The minimum Gasteiger partial charge on any atom is -0.469 e. The van der Waals surface area contributed by atoms with Crippen LogP contribution in [0.1, 0.15) is 60.3 Å². The molecular weight excluding hydrogens is 485 g/mol. The summed E-state index contributed by atoms with van der Waals surface area (Å²) in [6.07, 6.45) is 3.13. The first-order valence-corrected chi connectivity index (χ1v) is 12.1. The van der Waals surface area contributed by atoms with E-state index in [9.17, 15) is 14.4 Å². The van der Waals surface area contributed by atoms with Crippen LogP contribution in [0.5, 0.6) is 0 Å². The molecule has 4 rings (SSSR count). The van der Waals surface area contributed by atoms with Crippen molar-refractivity contribution in [1.29, 1.82) is 0 Å². The molecule has 0 saturated heterocycles. The molecule has 1 atom stereocenters. The zero-order valence-electron chi connectivity index (χ0n) is 18.4. The largest absolute Gasteiger partial charge is 0.469 e. The lowest BCUT2D eigenvalue weighted by Gasteiger charge is -2.35. The quantitative estimate of drug-likeness (QED) is 0.478. The number of amides is 1. The number of benzene rings is 1. The number of fused-ring (bicyclic) bond motifs is 1. The first-order chi connectivity index (χ1) is 15.7. The van der Waals surface area contributed by atoms with Gasteiger partial charge in [0.2, 0.25) is 0 Å². The number of nitrogens with zero attached hydrogens (tertiary/aromatic N) is 2. The summed E-state index contributed by atoms with van der Waals surface area (Å²) < 4.78 is 6.86. The number of aromatic amines is 1. The lowest BCUT2D eigenvalue weighted by molar-refractivity contribution is -0.146. The number of H-pyrrole nitrogens is 1. The molecule has 7 nitrogen and oxygen atoms in total. The maximum atomic E-state index is 13.4. The highest BCUT2D eigenvalue weighted by molar-refractivity contribution is 7.71. The number of aromatic nitrogens is 2. The monoisotopic (exact) mass is 509 g/mol. The van der Waals surface area contributed by atoms with Crippen molar-refractivity contribution in [2.24, 2.45) is 5.92 Å². The molecule has 0 radical (unpaired) electrons. The van der Waals surface area contributed by atoms with Crippen LogP contribution in [0, 0.1) is 10.7 Å². The predicted octanol–water partition coefficient (Wildman–Crippen LogP) is 4.70. The molecule has 33 heavy (non-hydrogen) atoms. The number of hydrogen-bond donors (Lipinski definition) is 1. The fraction of sp³-hybridized carbons (Fsp3) is 0.478. The van der Waals surface area contributed by atoms with Crippen molar-refractivity contribution in [1.82, 2.24) is 14.5 Å². The molecule has 1 amide bonds. The van der Waals surface area contributed by atoms with Crippen molar-refractivity contribution in [2.45, 2.75) is 57.7 Å². The van der Waals surface area contributed by atoms with Gasteiger partial charge in [-0.15, -0.1) is 0 Å². The number of carbonyl (C=O) groups excluding carboxylic acids is 2. The maximum Gasteiger partial charge on any atom is 0.308 e. The van der Waals surface area contributed by atoms with E-state index in [0.29, 0.717) is 63.7 Å². The Morgan fingerprint density at radius 3 is 2.48 bits per heavy atom. The van der Waals surface area contributed by atoms with E-state index in [2.05, 4.69) is 4.98 Å². The van der Waals surface area contributed by atoms with Gasteiger partial charge in [0.05, 0.1) is 29.6 Å². The second-order valence-corrected chi connectivity index (χ2v) is 9.91. The summed E-state index contributed by atoms with van der Waals surface area (Å²) in [6.45, 7) is 2.18. The summed E-state index contributed by atoms with van der Waals surface area (Å²) in [7, 11) is 1.40. The van der Waals surface area contributed by atoms with Gasteiger partial charge in [0.1, 0.15) is 0 Å². The summed E-state index contributed by atoms with van der Waals surface area (Å²) in [5.41, 5.74) is 1.65. The third-order valence-electron chi connectivity index (χ3n) is 6.70. The zero-order valence-corrected chi connectivity index (χ0v) is 20.7. The number of halogens is 2. The predicted molar refractivity (Wildman–Crippen MR) is 128 cm³/mol. The Bertz CT molecular complexity index is 1220. The molecule has 0 unspecified atom stereocenters. The van der Waals surface area contributed by atoms with Gasteiger partial charge in [0.25, 0.3) is 11.5 Å². The van der Waals surface area contributed by atoms with Crippen molar-refractivity contribution in [2.75, 3.05) is 7.11 Å². The number of ether oxygens (including phenoxy) is 1. The molecule has 1 aromatic heterocycles. The van der Waals surface area contributed by atoms with Crippen LogP contribution in [-0.4, -0.2) is 39.5 Å². The number of methoxy groups -OCH3 is 1. The molecular formula is C23H25Cl2N3O4S. The summed E-state index contributed by atoms with van der Waals surface area (Å²) in [6, 6.07) is 4.56. The van der Waals surface area contributed by atoms with E-state index in [4.69, 9.17) is 40.2 Å². The van der Waals surface area contributed by atoms with E-state index in [1.54, 1.807) is 27.7 Å². The third kappa shape index (κ3) is 4.61. The molecule has 1 aliphatic carbocycles. The molecule has 1 saturated carbocycles. The lowest BCUT2D eigenvalue weighted by atomic mass is 9.86. The average molecular weight is 510 g/mol. The molecule has 1 fully saturated rings. The molecule has 0 spiro atoms. The Kier molecular flexibility index (Phi) is 6.98. The summed E-state index contributed by atoms with van der Waals surface area (Å²) in [5.74, 6) is -0.508. The van der Waals surface area contributed by atoms with E-state index in [1.807, 2.05) is 6.92 Å². The second kappa shape index (κ2) is 9.60. The molecule has 0 bridgehead atoms. The van der Waals surface area contributed by atoms with Gasteiger partial charge in [-0.25, -0.2) is 0 Å². The van der Waals surface area contributed by atoms with E-state index >= 15 is 0 Å². The third-order valence-corrected chi connectivity index (χ3v) is 7.74. The van der Waals surface area contributed by atoms with Gasteiger partial charge in [-0.2, -0.15) is 0 Å². The topological polar surface area (TPSA) is 84.4 Å².